The maximum atomic E-state index is 13.1. The molecular formula is C21H17NO4S. The van der Waals surface area contributed by atoms with Gasteiger partial charge in [-0.3, -0.25) is 4.31 Å². The van der Waals surface area contributed by atoms with Gasteiger partial charge in [-0.1, -0.05) is 42.5 Å². The molecule has 1 heterocycles. The number of rotatable bonds is 4. The fourth-order valence-electron chi connectivity index (χ4n) is 3.12. The van der Waals surface area contributed by atoms with Gasteiger partial charge in [0, 0.05) is 6.54 Å². The van der Waals surface area contributed by atoms with E-state index >= 15 is 0 Å². The number of fused-ring (bicyclic) bond motifs is 1. The summed E-state index contributed by atoms with van der Waals surface area (Å²) in [4.78, 5) is 12.5. The molecule has 3 aromatic rings. The fourth-order valence-corrected chi connectivity index (χ4v) is 4.67. The van der Waals surface area contributed by atoms with E-state index in [4.69, 9.17) is 4.74 Å². The van der Waals surface area contributed by atoms with E-state index in [-0.39, 0.29) is 10.5 Å². The van der Waals surface area contributed by atoms with Crippen molar-refractivity contribution in [3.63, 3.8) is 0 Å². The molecule has 0 N–H and O–H groups in total. The molecule has 0 radical (unpaired) electrons. The summed E-state index contributed by atoms with van der Waals surface area (Å²) < 4.78 is 32.9. The predicted octanol–water partition coefficient (Wildman–Crippen LogP) is 3.66. The molecule has 0 aromatic heterocycles. The number of para-hydroxylation sites is 2. The molecule has 6 heteroatoms. The number of hydrogen-bond acceptors (Lipinski definition) is 4. The second-order valence-electron chi connectivity index (χ2n) is 6.19. The average molecular weight is 379 g/mol. The van der Waals surface area contributed by atoms with E-state index in [0.29, 0.717) is 24.4 Å². The third-order valence-corrected chi connectivity index (χ3v) is 6.27. The van der Waals surface area contributed by atoms with Crippen molar-refractivity contribution >= 4 is 21.7 Å². The number of carbonyl (C=O) groups excluding carboxylic acids is 1. The van der Waals surface area contributed by atoms with Crippen LogP contribution >= 0.6 is 0 Å². The van der Waals surface area contributed by atoms with Gasteiger partial charge in [0.1, 0.15) is 5.75 Å². The predicted molar refractivity (Wildman–Crippen MR) is 103 cm³/mol. The molecule has 4 rings (SSSR count). The highest BCUT2D eigenvalue weighted by molar-refractivity contribution is 7.92. The van der Waals surface area contributed by atoms with E-state index in [9.17, 15) is 13.2 Å². The lowest BCUT2D eigenvalue weighted by atomic mass is 10.2. The van der Waals surface area contributed by atoms with Crippen LogP contribution in [0.15, 0.2) is 83.8 Å². The first-order chi connectivity index (χ1) is 13.1. The lowest BCUT2D eigenvalue weighted by Crippen LogP contribution is -2.29. The van der Waals surface area contributed by atoms with Crippen LogP contribution in [-0.2, 0) is 16.4 Å². The fraction of sp³-hybridized carbons (Fsp3) is 0.0952. The highest BCUT2D eigenvalue weighted by Crippen LogP contribution is 2.32. The molecule has 136 valence electrons. The molecule has 0 saturated heterocycles. The Hall–Kier alpha value is -3.12. The zero-order valence-corrected chi connectivity index (χ0v) is 15.2. The Morgan fingerprint density at radius 2 is 1.63 bits per heavy atom. The number of ether oxygens (including phenoxy) is 1. The molecule has 0 aliphatic carbocycles. The summed E-state index contributed by atoms with van der Waals surface area (Å²) in [6.07, 6.45) is 0.672. The van der Waals surface area contributed by atoms with Gasteiger partial charge >= 0.3 is 5.97 Å². The Labute approximate surface area is 157 Å². The SMILES string of the molecule is O=C(Oc1ccccc1)c1cccc(S(=O)(=O)N2CCc3ccccc32)c1. The monoisotopic (exact) mass is 379 g/mol. The summed E-state index contributed by atoms with van der Waals surface area (Å²) in [7, 11) is -3.76. The number of esters is 1. The first-order valence-corrected chi connectivity index (χ1v) is 9.98. The van der Waals surface area contributed by atoms with Gasteiger partial charge in [0.2, 0.25) is 0 Å². The van der Waals surface area contributed by atoms with Crippen LogP contribution in [-0.4, -0.2) is 20.9 Å². The third kappa shape index (κ3) is 3.31. The average Bonchev–Trinajstić information content (AvgIpc) is 3.14. The van der Waals surface area contributed by atoms with Crippen molar-refractivity contribution < 1.29 is 17.9 Å². The molecule has 0 spiro atoms. The molecule has 1 aliphatic heterocycles. The van der Waals surface area contributed by atoms with Gasteiger partial charge in [0.05, 0.1) is 16.1 Å². The van der Waals surface area contributed by atoms with Crippen molar-refractivity contribution in [2.24, 2.45) is 0 Å². The standard InChI is InChI=1S/C21H17NO4S/c23-21(26-18-9-2-1-3-10-18)17-8-6-11-19(15-17)27(24,25)22-14-13-16-7-4-5-12-20(16)22/h1-12,15H,13-14H2. The van der Waals surface area contributed by atoms with Crippen LogP contribution < -0.4 is 9.04 Å². The number of sulfonamides is 1. The normalized spacial score (nSPS) is 13.3. The topological polar surface area (TPSA) is 63.7 Å². The third-order valence-electron chi connectivity index (χ3n) is 4.46. The van der Waals surface area contributed by atoms with Crippen LogP contribution in [0.1, 0.15) is 15.9 Å². The maximum absolute atomic E-state index is 13.1. The Bertz CT molecular complexity index is 1090. The van der Waals surface area contributed by atoms with E-state index in [1.165, 1.54) is 16.4 Å². The smallest absolute Gasteiger partial charge is 0.343 e. The molecule has 0 atom stereocenters. The van der Waals surface area contributed by atoms with Crippen LogP contribution in [0.5, 0.6) is 5.75 Å². The van der Waals surface area contributed by atoms with Crippen molar-refractivity contribution in [1.29, 1.82) is 0 Å². The van der Waals surface area contributed by atoms with Crippen molar-refractivity contribution in [2.45, 2.75) is 11.3 Å². The van der Waals surface area contributed by atoms with Crippen molar-refractivity contribution in [1.82, 2.24) is 0 Å². The van der Waals surface area contributed by atoms with Gasteiger partial charge in [0.25, 0.3) is 10.0 Å². The van der Waals surface area contributed by atoms with Gasteiger partial charge in [-0.2, -0.15) is 0 Å². The molecule has 27 heavy (non-hydrogen) atoms. The van der Waals surface area contributed by atoms with E-state index in [2.05, 4.69) is 0 Å². The quantitative estimate of drug-likeness (QED) is 0.513. The summed E-state index contributed by atoms with van der Waals surface area (Å²) in [5, 5.41) is 0. The molecule has 0 fully saturated rings. The molecule has 0 bridgehead atoms. The number of nitrogens with zero attached hydrogens (tertiary/aromatic N) is 1. The van der Waals surface area contributed by atoms with E-state index in [1.807, 2.05) is 24.3 Å². The van der Waals surface area contributed by atoms with Gasteiger partial charge < -0.3 is 4.74 Å². The molecule has 1 aliphatic rings. The maximum Gasteiger partial charge on any atom is 0.343 e. The summed E-state index contributed by atoms with van der Waals surface area (Å²) in [6, 6.07) is 22.1. The first-order valence-electron chi connectivity index (χ1n) is 8.54. The summed E-state index contributed by atoms with van der Waals surface area (Å²) in [6.45, 7) is 0.389. The largest absolute Gasteiger partial charge is 0.423 e. The number of benzene rings is 3. The molecule has 0 amide bonds. The minimum absolute atomic E-state index is 0.0710. The van der Waals surface area contributed by atoms with Crippen LogP contribution in [0.2, 0.25) is 0 Å². The first kappa shape index (κ1) is 17.3. The Kier molecular flexibility index (Phi) is 4.41. The lowest BCUT2D eigenvalue weighted by Gasteiger charge is -2.19. The van der Waals surface area contributed by atoms with E-state index in [1.54, 1.807) is 42.5 Å². The van der Waals surface area contributed by atoms with Crippen molar-refractivity contribution in [3.8, 4) is 5.75 Å². The summed E-state index contributed by atoms with van der Waals surface area (Å²) in [5.41, 5.74) is 1.88. The zero-order chi connectivity index (χ0) is 18.9. The van der Waals surface area contributed by atoms with Crippen LogP contribution in [0.25, 0.3) is 0 Å². The van der Waals surface area contributed by atoms with Gasteiger partial charge in [-0.15, -0.1) is 0 Å². The van der Waals surface area contributed by atoms with Crippen molar-refractivity contribution in [3.05, 3.63) is 90.0 Å². The molecule has 3 aromatic carbocycles. The van der Waals surface area contributed by atoms with Gasteiger partial charge in [0.15, 0.2) is 0 Å². The number of hydrogen-bond donors (Lipinski definition) is 0. The zero-order valence-electron chi connectivity index (χ0n) is 14.4. The van der Waals surface area contributed by atoms with Crippen LogP contribution in [0, 0.1) is 0 Å². The van der Waals surface area contributed by atoms with E-state index in [0.717, 1.165) is 5.56 Å². The van der Waals surface area contributed by atoms with Crippen LogP contribution in [0.3, 0.4) is 0 Å². The Balaban J connectivity index is 1.63. The highest BCUT2D eigenvalue weighted by atomic mass is 32.2. The van der Waals surface area contributed by atoms with E-state index < -0.39 is 16.0 Å². The van der Waals surface area contributed by atoms with Gasteiger partial charge in [-0.05, 0) is 48.4 Å². The molecule has 0 unspecified atom stereocenters. The Morgan fingerprint density at radius 1 is 0.889 bits per heavy atom. The summed E-state index contributed by atoms with van der Waals surface area (Å²) in [5.74, 6) is -0.190. The second kappa shape index (κ2) is 6.89. The summed E-state index contributed by atoms with van der Waals surface area (Å²) >= 11 is 0. The Morgan fingerprint density at radius 3 is 2.44 bits per heavy atom. The second-order valence-corrected chi connectivity index (χ2v) is 8.05. The number of carbonyl (C=O) groups is 1. The number of anilines is 1. The van der Waals surface area contributed by atoms with Crippen LogP contribution in [0.4, 0.5) is 5.69 Å². The molecular weight excluding hydrogens is 362 g/mol. The van der Waals surface area contributed by atoms with Gasteiger partial charge in [-0.25, -0.2) is 13.2 Å². The minimum Gasteiger partial charge on any atom is -0.423 e. The minimum atomic E-state index is -3.76. The highest BCUT2D eigenvalue weighted by Gasteiger charge is 2.31. The van der Waals surface area contributed by atoms with Crippen molar-refractivity contribution in [2.75, 3.05) is 10.8 Å². The lowest BCUT2D eigenvalue weighted by molar-refractivity contribution is 0.0734. The molecule has 5 nitrogen and oxygen atoms in total. The molecule has 0 saturated carbocycles.